The van der Waals surface area contributed by atoms with Gasteiger partial charge in [-0.15, -0.1) is 0 Å². The number of hydrogen-bond donors (Lipinski definition) is 1. The zero-order valence-electron chi connectivity index (χ0n) is 13.7. The van der Waals surface area contributed by atoms with Gasteiger partial charge >= 0.3 is 0 Å². The maximum absolute atomic E-state index is 3.71. The highest BCUT2D eigenvalue weighted by atomic mass is 15.1. The summed E-state index contributed by atoms with van der Waals surface area (Å²) in [6.07, 6.45) is 3.77. The van der Waals surface area contributed by atoms with Crippen molar-refractivity contribution in [2.75, 3.05) is 46.3 Å². The Hall–Kier alpha value is -0.900. The first-order valence-corrected chi connectivity index (χ1v) is 8.46. The largest absolute Gasteiger partial charge is 0.313 e. The first kappa shape index (κ1) is 16.5. The molecule has 1 heterocycles. The van der Waals surface area contributed by atoms with E-state index in [-0.39, 0.29) is 0 Å². The molecule has 2 rings (SSSR count). The fourth-order valence-corrected chi connectivity index (χ4v) is 2.91. The molecule has 1 aromatic rings. The number of hydrogen-bond acceptors (Lipinski definition) is 3. The molecule has 0 amide bonds. The van der Waals surface area contributed by atoms with Gasteiger partial charge < -0.3 is 15.1 Å². The average molecular weight is 289 g/mol. The molecule has 0 unspecified atom stereocenters. The van der Waals surface area contributed by atoms with E-state index in [1.54, 1.807) is 0 Å². The van der Waals surface area contributed by atoms with Crippen LogP contribution >= 0.6 is 0 Å². The number of benzene rings is 1. The van der Waals surface area contributed by atoms with E-state index in [9.17, 15) is 0 Å². The van der Waals surface area contributed by atoms with Gasteiger partial charge in [-0.05, 0) is 51.5 Å². The van der Waals surface area contributed by atoms with Crippen LogP contribution in [-0.4, -0.2) is 62.2 Å². The molecular formula is C18H31N3. The first-order valence-electron chi connectivity index (χ1n) is 8.46. The van der Waals surface area contributed by atoms with Crippen LogP contribution in [0.4, 0.5) is 0 Å². The maximum Gasteiger partial charge on any atom is 0.0104 e. The summed E-state index contributed by atoms with van der Waals surface area (Å²) in [5, 5.41) is 3.71. The van der Waals surface area contributed by atoms with E-state index in [1.807, 2.05) is 0 Å². The van der Waals surface area contributed by atoms with Gasteiger partial charge in [0.2, 0.25) is 0 Å². The van der Waals surface area contributed by atoms with Crippen LogP contribution in [0.3, 0.4) is 0 Å². The molecule has 118 valence electrons. The molecule has 0 atom stereocenters. The van der Waals surface area contributed by atoms with Gasteiger partial charge in [-0.1, -0.05) is 37.3 Å². The lowest BCUT2D eigenvalue weighted by Gasteiger charge is -2.32. The van der Waals surface area contributed by atoms with E-state index >= 15 is 0 Å². The summed E-state index contributed by atoms with van der Waals surface area (Å²) in [7, 11) is 2.19. The molecule has 0 radical (unpaired) electrons. The number of nitrogens with zero attached hydrogens (tertiary/aromatic N) is 2. The third-order valence-electron chi connectivity index (χ3n) is 4.61. The Labute approximate surface area is 130 Å². The van der Waals surface area contributed by atoms with Crippen LogP contribution in [-0.2, 0) is 6.42 Å². The SMILES string of the molecule is CCN(C)CCNC1CCN(CCc2ccccc2)CC1. The fraction of sp³-hybridized carbons (Fsp3) is 0.667. The van der Waals surface area contributed by atoms with Crippen LogP contribution in [0.1, 0.15) is 25.3 Å². The van der Waals surface area contributed by atoms with Crippen LogP contribution in [0.2, 0.25) is 0 Å². The number of piperidine rings is 1. The van der Waals surface area contributed by atoms with Gasteiger partial charge in [0, 0.05) is 25.7 Å². The van der Waals surface area contributed by atoms with E-state index < -0.39 is 0 Å². The second kappa shape index (κ2) is 9.19. The topological polar surface area (TPSA) is 18.5 Å². The van der Waals surface area contributed by atoms with E-state index in [0.717, 1.165) is 25.7 Å². The Kier molecular flexibility index (Phi) is 7.20. The molecule has 3 heteroatoms. The molecule has 0 aliphatic carbocycles. The Morgan fingerprint density at radius 1 is 1.19 bits per heavy atom. The molecule has 0 bridgehead atoms. The highest BCUT2D eigenvalue weighted by Gasteiger charge is 2.18. The minimum atomic E-state index is 0.725. The summed E-state index contributed by atoms with van der Waals surface area (Å²) in [4.78, 5) is 4.98. The van der Waals surface area contributed by atoms with Crippen LogP contribution < -0.4 is 5.32 Å². The molecule has 1 N–H and O–H groups in total. The minimum Gasteiger partial charge on any atom is -0.313 e. The third kappa shape index (κ3) is 6.16. The number of nitrogens with one attached hydrogen (secondary N) is 1. The molecule has 1 aromatic carbocycles. The fourth-order valence-electron chi connectivity index (χ4n) is 2.91. The average Bonchev–Trinajstić information content (AvgIpc) is 2.55. The minimum absolute atomic E-state index is 0.725. The molecule has 21 heavy (non-hydrogen) atoms. The normalized spacial score (nSPS) is 17.5. The summed E-state index contributed by atoms with van der Waals surface area (Å²) in [6, 6.07) is 11.6. The number of rotatable bonds is 8. The van der Waals surface area contributed by atoms with E-state index in [0.29, 0.717) is 0 Å². The Morgan fingerprint density at radius 2 is 1.90 bits per heavy atom. The van der Waals surface area contributed by atoms with E-state index in [1.165, 1.54) is 44.5 Å². The summed E-state index contributed by atoms with van der Waals surface area (Å²) in [6.45, 7) is 9.33. The molecule has 3 nitrogen and oxygen atoms in total. The van der Waals surface area contributed by atoms with Gasteiger partial charge in [0.05, 0.1) is 0 Å². The number of likely N-dealkylation sites (tertiary alicyclic amines) is 1. The zero-order chi connectivity index (χ0) is 14.9. The van der Waals surface area contributed by atoms with Crippen molar-refractivity contribution < 1.29 is 0 Å². The van der Waals surface area contributed by atoms with Crippen molar-refractivity contribution >= 4 is 0 Å². The van der Waals surface area contributed by atoms with Crippen molar-refractivity contribution in [1.29, 1.82) is 0 Å². The summed E-state index contributed by atoms with van der Waals surface area (Å²) < 4.78 is 0. The van der Waals surface area contributed by atoms with Crippen LogP contribution in [0.5, 0.6) is 0 Å². The first-order chi connectivity index (χ1) is 10.3. The standard InChI is InChI=1S/C18H31N3/c1-3-20(2)16-12-19-18-10-14-21(15-11-18)13-9-17-7-5-4-6-8-17/h4-8,18-19H,3,9-16H2,1-2H3. The molecule has 0 saturated carbocycles. The molecular weight excluding hydrogens is 258 g/mol. The van der Waals surface area contributed by atoms with Crippen molar-refractivity contribution in [2.24, 2.45) is 0 Å². The molecule has 1 aliphatic heterocycles. The Bertz CT molecular complexity index is 371. The predicted molar refractivity (Wildman–Crippen MR) is 90.8 cm³/mol. The van der Waals surface area contributed by atoms with Gasteiger partial charge in [0.1, 0.15) is 0 Å². The highest BCUT2D eigenvalue weighted by molar-refractivity contribution is 5.14. The Morgan fingerprint density at radius 3 is 2.57 bits per heavy atom. The number of likely N-dealkylation sites (N-methyl/N-ethyl adjacent to an activating group) is 1. The van der Waals surface area contributed by atoms with Gasteiger partial charge in [-0.2, -0.15) is 0 Å². The lowest BCUT2D eigenvalue weighted by atomic mass is 10.0. The second-order valence-corrected chi connectivity index (χ2v) is 6.20. The van der Waals surface area contributed by atoms with E-state index in [4.69, 9.17) is 0 Å². The monoisotopic (exact) mass is 289 g/mol. The van der Waals surface area contributed by atoms with E-state index in [2.05, 4.69) is 59.4 Å². The van der Waals surface area contributed by atoms with Crippen LogP contribution in [0, 0.1) is 0 Å². The van der Waals surface area contributed by atoms with Crippen LogP contribution in [0.25, 0.3) is 0 Å². The molecule has 1 saturated heterocycles. The smallest absolute Gasteiger partial charge is 0.0104 e. The lowest BCUT2D eigenvalue weighted by molar-refractivity contribution is 0.197. The quantitative estimate of drug-likeness (QED) is 0.792. The second-order valence-electron chi connectivity index (χ2n) is 6.20. The van der Waals surface area contributed by atoms with Crippen molar-refractivity contribution in [2.45, 2.75) is 32.2 Å². The van der Waals surface area contributed by atoms with Crippen molar-refractivity contribution in [3.63, 3.8) is 0 Å². The van der Waals surface area contributed by atoms with Crippen molar-refractivity contribution in [1.82, 2.24) is 15.1 Å². The van der Waals surface area contributed by atoms with Crippen molar-refractivity contribution in [3.8, 4) is 0 Å². The molecule has 0 spiro atoms. The predicted octanol–water partition coefficient (Wildman–Crippen LogP) is 2.23. The van der Waals surface area contributed by atoms with Gasteiger partial charge in [0.15, 0.2) is 0 Å². The lowest BCUT2D eigenvalue weighted by Crippen LogP contribution is -2.44. The van der Waals surface area contributed by atoms with Crippen LogP contribution in [0.15, 0.2) is 30.3 Å². The van der Waals surface area contributed by atoms with Gasteiger partial charge in [-0.3, -0.25) is 0 Å². The summed E-state index contributed by atoms with van der Waals surface area (Å²) >= 11 is 0. The molecule has 1 fully saturated rings. The zero-order valence-corrected chi connectivity index (χ0v) is 13.7. The van der Waals surface area contributed by atoms with Gasteiger partial charge in [-0.25, -0.2) is 0 Å². The maximum atomic E-state index is 3.71. The van der Waals surface area contributed by atoms with Crippen molar-refractivity contribution in [3.05, 3.63) is 35.9 Å². The summed E-state index contributed by atoms with van der Waals surface area (Å²) in [5.41, 5.74) is 1.46. The highest BCUT2D eigenvalue weighted by Crippen LogP contribution is 2.11. The Balaban J connectivity index is 1.58. The molecule has 0 aromatic heterocycles. The third-order valence-corrected chi connectivity index (χ3v) is 4.61. The molecule has 1 aliphatic rings. The van der Waals surface area contributed by atoms with Gasteiger partial charge in [0.25, 0.3) is 0 Å². The summed E-state index contributed by atoms with van der Waals surface area (Å²) in [5.74, 6) is 0.